The average molecular weight is 242 g/mol. The third-order valence-corrected chi connectivity index (χ3v) is 3.16. The molecule has 3 heteroatoms. The molecule has 1 aliphatic rings. The summed E-state index contributed by atoms with van der Waals surface area (Å²) in [7, 11) is 1.66. The van der Waals surface area contributed by atoms with Gasteiger partial charge in [-0.25, -0.2) is 0 Å². The number of halogens is 1. The molecule has 0 aromatic heterocycles. The third-order valence-electron chi connectivity index (χ3n) is 2.50. The highest BCUT2D eigenvalue weighted by molar-refractivity contribution is 9.10. The maximum absolute atomic E-state index is 6.09. The van der Waals surface area contributed by atoms with Gasteiger partial charge >= 0.3 is 0 Å². The van der Waals surface area contributed by atoms with Gasteiger partial charge < -0.3 is 10.5 Å². The highest BCUT2D eigenvalue weighted by Gasteiger charge is 2.41. The number of rotatable bonds is 2. The zero-order valence-corrected chi connectivity index (χ0v) is 9.10. The van der Waals surface area contributed by atoms with Crippen LogP contribution in [0.2, 0.25) is 0 Å². The second-order valence-corrected chi connectivity index (χ2v) is 4.36. The van der Waals surface area contributed by atoms with E-state index in [2.05, 4.69) is 15.9 Å². The van der Waals surface area contributed by atoms with E-state index in [4.69, 9.17) is 10.5 Å². The normalized spacial score (nSPS) is 18.4. The van der Waals surface area contributed by atoms with Gasteiger partial charge in [-0.3, -0.25) is 0 Å². The molecular weight excluding hydrogens is 230 g/mol. The predicted molar refractivity (Wildman–Crippen MR) is 55.8 cm³/mol. The largest absolute Gasteiger partial charge is 0.497 e. The van der Waals surface area contributed by atoms with Crippen LogP contribution in [-0.2, 0) is 5.54 Å². The predicted octanol–water partition coefficient (Wildman–Crippen LogP) is 2.41. The summed E-state index contributed by atoms with van der Waals surface area (Å²) in [6.45, 7) is 0. The van der Waals surface area contributed by atoms with Crippen molar-refractivity contribution in [3.05, 3.63) is 28.2 Å². The summed E-state index contributed by atoms with van der Waals surface area (Å²) in [4.78, 5) is 0. The molecule has 0 radical (unpaired) electrons. The molecule has 0 heterocycles. The van der Waals surface area contributed by atoms with Gasteiger partial charge in [-0.2, -0.15) is 0 Å². The molecule has 0 amide bonds. The van der Waals surface area contributed by atoms with Crippen LogP contribution in [-0.4, -0.2) is 7.11 Å². The number of hydrogen-bond donors (Lipinski definition) is 1. The highest BCUT2D eigenvalue weighted by atomic mass is 79.9. The summed E-state index contributed by atoms with van der Waals surface area (Å²) in [6.07, 6.45) is 2.16. The number of benzene rings is 1. The first kappa shape index (κ1) is 9.03. The van der Waals surface area contributed by atoms with Gasteiger partial charge in [-0.1, -0.05) is 22.0 Å². The highest BCUT2D eigenvalue weighted by Crippen LogP contribution is 2.46. The average Bonchev–Trinajstić information content (AvgIpc) is 2.84. The summed E-state index contributed by atoms with van der Waals surface area (Å²) >= 11 is 3.50. The van der Waals surface area contributed by atoms with Crippen molar-refractivity contribution in [1.82, 2.24) is 0 Å². The number of hydrogen-bond acceptors (Lipinski definition) is 2. The summed E-state index contributed by atoms with van der Waals surface area (Å²) in [5.41, 5.74) is 7.20. The Bertz CT molecular complexity index is 334. The van der Waals surface area contributed by atoms with E-state index >= 15 is 0 Å². The van der Waals surface area contributed by atoms with Crippen molar-refractivity contribution in [2.45, 2.75) is 18.4 Å². The van der Waals surface area contributed by atoms with Crippen LogP contribution in [0.3, 0.4) is 0 Å². The molecule has 0 aliphatic heterocycles. The van der Waals surface area contributed by atoms with Gasteiger partial charge in [-0.05, 0) is 30.5 Å². The van der Waals surface area contributed by atoms with Gasteiger partial charge in [-0.15, -0.1) is 0 Å². The van der Waals surface area contributed by atoms with Gasteiger partial charge in [0.05, 0.1) is 7.11 Å². The molecule has 2 N–H and O–H groups in total. The standard InChI is InChI=1S/C10H12BrNO/c1-13-7-2-3-8(9(11)6-7)10(12)4-5-10/h2-3,6H,4-5,12H2,1H3. The summed E-state index contributed by atoms with van der Waals surface area (Å²) in [5, 5.41) is 0. The zero-order chi connectivity index (χ0) is 9.47. The molecule has 1 aliphatic carbocycles. The van der Waals surface area contributed by atoms with Crippen LogP contribution in [0.1, 0.15) is 18.4 Å². The van der Waals surface area contributed by atoms with E-state index in [1.54, 1.807) is 7.11 Å². The zero-order valence-electron chi connectivity index (χ0n) is 7.51. The van der Waals surface area contributed by atoms with Crippen LogP contribution in [0.5, 0.6) is 5.75 Å². The van der Waals surface area contributed by atoms with Gasteiger partial charge in [0.25, 0.3) is 0 Å². The van der Waals surface area contributed by atoms with E-state index < -0.39 is 0 Å². The van der Waals surface area contributed by atoms with E-state index in [0.29, 0.717) is 0 Å². The second-order valence-electron chi connectivity index (χ2n) is 3.50. The first-order valence-corrected chi connectivity index (χ1v) is 5.08. The molecule has 13 heavy (non-hydrogen) atoms. The van der Waals surface area contributed by atoms with Crippen molar-refractivity contribution < 1.29 is 4.74 Å². The van der Waals surface area contributed by atoms with Crippen molar-refractivity contribution in [1.29, 1.82) is 0 Å². The van der Waals surface area contributed by atoms with E-state index in [9.17, 15) is 0 Å². The number of methoxy groups -OCH3 is 1. The Kier molecular flexibility index (Phi) is 2.08. The minimum atomic E-state index is -0.0783. The molecule has 0 bridgehead atoms. The fraction of sp³-hybridized carbons (Fsp3) is 0.400. The molecule has 0 spiro atoms. The van der Waals surface area contributed by atoms with Gasteiger partial charge in [0.1, 0.15) is 5.75 Å². The van der Waals surface area contributed by atoms with Crippen molar-refractivity contribution in [3.8, 4) is 5.75 Å². The van der Waals surface area contributed by atoms with Crippen molar-refractivity contribution in [3.63, 3.8) is 0 Å². The van der Waals surface area contributed by atoms with E-state index in [1.165, 1.54) is 5.56 Å². The maximum atomic E-state index is 6.09. The van der Waals surface area contributed by atoms with E-state index in [0.717, 1.165) is 23.1 Å². The molecule has 1 aromatic carbocycles. The van der Waals surface area contributed by atoms with Crippen LogP contribution >= 0.6 is 15.9 Å². The Hall–Kier alpha value is -0.540. The van der Waals surface area contributed by atoms with E-state index in [-0.39, 0.29) is 5.54 Å². The lowest BCUT2D eigenvalue weighted by Gasteiger charge is -2.12. The Morgan fingerprint density at radius 2 is 2.15 bits per heavy atom. The summed E-state index contributed by atoms with van der Waals surface area (Å²) in [5.74, 6) is 0.861. The fourth-order valence-electron chi connectivity index (χ4n) is 1.43. The molecule has 1 saturated carbocycles. The summed E-state index contributed by atoms with van der Waals surface area (Å²) in [6, 6.07) is 5.95. The van der Waals surface area contributed by atoms with Crippen LogP contribution < -0.4 is 10.5 Å². The first-order valence-electron chi connectivity index (χ1n) is 4.29. The molecule has 0 unspecified atom stereocenters. The SMILES string of the molecule is COc1ccc(C2(N)CC2)c(Br)c1. The van der Waals surface area contributed by atoms with Crippen LogP contribution in [0.4, 0.5) is 0 Å². The second kappa shape index (κ2) is 3.00. The minimum Gasteiger partial charge on any atom is -0.497 e. The first-order chi connectivity index (χ1) is 6.15. The lowest BCUT2D eigenvalue weighted by molar-refractivity contribution is 0.414. The van der Waals surface area contributed by atoms with Gasteiger partial charge in [0.15, 0.2) is 0 Å². The number of ether oxygens (including phenoxy) is 1. The van der Waals surface area contributed by atoms with Gasteiger partial charge in [0, 0.05) is 10.0 Å². The van der Waals surface area contributed by atoms with Gasteiger partial charge in [0.2, 0.25) is 0 Å². The monoisotopic (exact) mass is 241 g/mol. The van der Waals surface area contributed by atoms with Crippen LogP contribution in [0.25, 0.3) is 0 Å². The molecule has 1 aromatic rings. The molecule has 2 rings (SSSR count). The topological polar surface area (TPSA) is 35.2 Å². The smallest absolute Gasteiger partial charge is 0.120 e. The Morgan fingerprint density at radius 3 is 2.62 bits per heavy atom. The quantitative estimate of drug-likeness (QED) is 0.864. The molecule has 1 fully saturated rings. The maximum Gasteiger partial charge on any atom is 0.120 e. The third kappa shape index (κ3) is 1.58. The molecule has 70 valence electrons. The Morgan fingerprint density at radius 1 is 1.46 bits per heavy atom. The van der Waals surface area contributed by atoms with Crippen LogP contribution in [0, 0.1) is 0 Å². The Labute approximate surface area is 86.2 Å². The number of nitrogens with two attached hydrogens (primary N) is 1. The van der Waals surface area contributed by atoms with Crippen molar-refractivity contribution in [2.75, 3.05) is 7.11 Å². The van der Waals surface area contributed by atoms with E-state index in [1.807, 2.05) is 18.2 Å². The summed E-state index contributed by atoms with van der Waals surface area (Å²) < 4.78 is 6.16. The molecule has 2 nitrogen and oxygen atoms in total. The van der Waals surface area contributed by atoms with Crippen molar-refractivity contribution >= 4 is 15.9 Å². The Balaban J connectivity index is 2.38. The molecule has 0 saturated heterocycles. The molecule has 0 atom stereocenters. The lowest BCUT2D eigenvalue weighted by atomic mass is 10.1. The lowest BCUT2D eigenvalue weighted by Crippen LogP contribution is -2.19. The minimum absolute atomic E-state index is 0.0783. The van der Waals surface area contributed by atoms with Crippen molar-refractivity contribution in [2.24, 2.45) is 5.73 Å². The van der Waals surface area contributed by atoms with Crippen LogP contribution in [0.15, 0.2) is 22.7 Å². The molecular formula is C10H12BrNO. The fourth-order valence-corrected chi connectivity index (χ4v) is 2.18.